The van der Waals surface area contributed by atoms with Gasteiger partial charge in [0.25, 0.3) is 0 Å². The van der Waals surface area contributed by atoms with Gasteiger partial charge in [-0.25, -0.2) is 0 Å². The molecule has 2 atom stereocenters. The lowest BCUT2D eigenvalue weighted by Gasteiger charge is -2.14. The first-order chi connectivity index (χ1) is 8.66. The van der Waals surface area contributed by atoms with E-state index in [2.05, 4.69) is 5.32 Å². The molecule has 1 aromatic rings. The average molecular weight is 270 g/mol. The number of hydrogen-bond donors (Lipinski definition) is 2. The molecule has 18 heavy (non-hydrogen) atoms. The van der Waals surface area contributed by atoms with E-state index in [9.17, 15) is 9.90 Å². The zero-order chi connectivity index (χ0) is 13.0. The summed E-state index contributed by atoms with van der Waals surface area (Å²) < 4.78 is 5.26. The Balaban J connectivity index is 1.82. The molecule has 1 saturated heterocycles. The van der Waals surface area contributed by atoms with Crippen LogP contribution in [0.15, 0.2) is 24.3 Å². The second-order valence-electron chi connectivity index (χ2n) is 4.31. The number of aliphatic hydroxyl groups excluding tert-OH is 1. The quantitative estimate of drug-likeness (QED) is 0.874. The van der Waals surface area contributed by atoms with Gasteiger partial charge >= 0.3 is 0 Å². The molecular formula is C13H16ClNO3. The predicted octanol–water partition coefficient (Wildman–Crippen LogP) is 1.67. The second-order valence-corrected chi connectivity index (χ2v) is 4.75. The zero-order valence-electron chi connectivity index (χ0n) is 9.93. The van der Waals surface area contributed by atoms with Gasteiger partial charge in [-0.3, -0.25) is 4.79 Å². The first kappa shape index (κ1) is 13.3. The minimum atomic E-state index is -0.729. The molecule has 0 bridgehead atoms. The lowest BCUT2D eigenvalue weighted by Crippen LogP contribution is -2.36. The van der Waals surface area contributed by atoms with Crippen molar-refractivity contribution in [2.24, 2.45) is 0 Å². The van der Waals surface area contributed by atoms with E-state index in [1.54, 1.807) is 24.3 Å². The maximum absolute atomic E-state index is 11.7. The Morgan fingerprint density at radius 1 is 1.50 bits per heavy atom. The minimum absolute atomic E-state index is 0.152. The van der Waals surface area contributed by atoms with Gasteiger partial charge in [-0.15, -0.1) is 0 Å². The van der Waals surface area contributed by atoms with Crippen molar-refractivity contribution < 1.29 is 14.6 Å². The minimum Gasteiger partial charge on any atom is -0.387 e. The van der Waals surface area contributed by atoms with E-state index < -0.39 is 6.10 Å². The third kappa shape index (κ3) is 3.45. The number of carbonyl (C=O) groups is 1. The highest BCUT2D eigenvalue weighted by Gasteiger charge is 2.23. The highest BCUT2D eigenvalue weighted by molar-refractivity contribution is 6.30. The van der Waals surface area contributed by atoms with Gasteiger partial charge in [0.15, 0.2) is 0 Å². The monoisotopic (exact) mass is 269 g/mol. The van der Waals surface area contributed by atoms with Crippen LogP contribution in [0, 0.1) is 0 Å². The van der Waals surface area contributed by atoms with Crippen LogP contribution in [-0.4, -0.2) is 30.3 Å². The molecule has 2 unspecified atom stereocenters. The van der Waals surface area contributed by atoms with Crippen molar-refractivity contribution in [2.45, 2.75) is 25.0 Å². The van der Waals surface area contributed by atoms with Crippen LogP contribution in [0.3, 0.4) is 0 Å². The van der Waals surface area contributed by atoms with E-state index in [-0.39, 0.29) is 18.6 Å². The number of amides is 1. The summed E-state index contributed by atoms with van der Waals surface area (Å²) in [7, 11) is 0. The van der Waals surface area contributed by atoms with Crippen LogP contribution < -0.4 is 5.32 Å². The van der Waals surface area contributed by atoms with E-state index in [0.717, 1.165) is 18.4 Å². The summed E-state index contributed by atoms with van der Waals surface area (Å²) >= 11 is 5.76. The molecular weight excluding hydrogens is 254 g/mol. The fourth-order valence-corrected chi connectivity index (χ4v) is 2.02. The Morgan fingerprint density at radius 3 is 2.83 bits per heavy atom. The summed E-state index contributed by atoms with van der Waals surface area (Å²) in [5.74, 6) is -0.152. The Morgan fingerprint density at radius 2 is 2.22 bits per heavy atom. The standard InChI is InChI=1S/C13H16ClNO3/c14-10-5-3-9(4-6-10)11(16)8-15-13(17)12-2-1-7-18-12/h3-6,11-12,16H,1-2,7-8H2,(H,15,17). The molecule has 1 aliphatic rings. The smallest absolute Gasteiger partial charge is 0.249 e. The number of hydrogen-bond acceptors (Lipinski definition) is 3. The van der Waals surface area contributed by atoms with Gasteiger partial charge in [0.05, 0.1) is 6.10 Å². The molecule has 1 amide bonds. The molecule has 1 fully saturated rings. The van der Waals surface area contributed by atoms with Crippen LogP contribution in [0.5, 0.6) is 0 Å². The lowest BCUT2D eigenvalue weighted by molar-refractivity contribution is -0.130. The number of aliphatic hydroxyl groups is 1. The van der Waals surface area contributed by atoms with Crippen LogP contribution in [0.25, 0.3) is 0 Å². The largest absolute Gasteiger partial charge is 0.387 e. The first-order valence-electron chi connectivity index (χ1n) is 5.99. The number of carbonyl (C=O) groups excluding carboxylic acids is 1. The van der Waals surface area contributed by atoms with Gasteiger partial charge in [-0.1, -0.05) is 23.7 Å². The molecule has 0 aliphatic carbocycles. The molecule has 0 radical (unpaired) electrons. The van der Waals surface area contributed by atoms with Gasteiger partial charge in [-0.2, -0.15) is 0 Å². The molecule has 2 rings (SSSR count). The summed E-state index contributed by atoms with van der Waals surface area (Å²) in [6, 6.07) is 6.90. The third-order valence-corrected chi connectivity index (χ3v) is 3.20. The maximum atomic E-state index is 11.7. The van der Waals surface area contributed by atoms with Crippen molar-refractivity contribution >= 4 is 17.5 Å². The topological polar surface area (TPSA) is 58.6 Å². The number of benzene rings is 1. The van der Waals surface area contributed by atoms with E-state index in [0.29, 0.717) is 11.6 Å². The van der Waals surface area contributed by atoms with Crippen molar-refractivity contribution in [1.29, 1.82) is 0 Å². The predicted molar refractivity (Wildman–Crippen MR) is 68.4 cm³/mol. The summed E-state index contributed by atoms with van der Waals surface area (Å²) in [4.78, 5) is 11.7. The van der Waals surface area contributed by atoms with Crippen LogP contribution in [0.4, 0.5) is 0 Å². The Labute approximate surface area is 111 Å². The van der Waals surface area contributed by atoms with Gasteiger partial charge in [0.1, 0.15) is 6.10 Å². The Bertz CT molecular complexity index is 401. The van der Waals surface area contributed by atoms with Crippen LogP contribution in [0.2, 0.25) is 5.02 Å². The van der Waals surface area contributed by atoms with Crippen LogP contribution in [0.1, 0.15) is 24.5 Å². The summed E-state index contributed by atoms with van der Waals surface area (Å²) in [5.41, 5.74) is 0.729. The number of rotatable bonds is 4. The van der Waals surface area contributed by atoms with Crippen molar-refractivity contribution in [3.63, 3.8) is 0 Å². The molecule has 0 aromatic heterocycles. The molecule has 98 valence electrons. The Kier molecular flexibility index (Phi) is 4.58. The first-order valence-corrected chi connectivity index (χ1v) is 6.37. The fourth-order valence-electron chi connectivity index (χ4n) is 1.90. The maximum Gasteiger partial charge on any atom is 0.249 e. The van der Waals surface area contributed by atoms with Gasteiger partial charge in [0, 0.05) is 18.2 Å². The summed E-state index contributed by atoms with van der Waals surface area (Å²) in [5, 5.41) is 13.2. The molecule has 4 nitrogen and oxygen atoms in total. The van der Waals surface area contributed by atoms with Gasteiger partial charge in [0.2, 0.25) is 5.91 Å². The molecule has 0 saturated carbocycles. The van der Waals surface area contributed by atoms with E-state index in [4.69, 9.17) is 16.3 Å². The van der Waals surface area contributed by atoms with Crippen LogP contribution >= 0.6 is 11.6 Å². The normalized spacial score (nSPS) is 20.7. The SMILES string of the molecule is O=C(NCC(O)c1ccc(Cl)cc1)C1CCCO1. The summed E-state index contributed by atoms with van der Waals surface area (Å²) in [6.45, 7) is 0.818. The third-order valence-electron chi connectivity index (χ3n) is 2.95. The number of halogens is 1. The molecule has 0 spiro atoms. The van der Waals surface area contributed by atoms with Gasteiger partial charge in [-0.05, 0) is 30.5 Å². The van der Waals surface area contributed by atoms with Crippen molar-refractivity contribution in [1.82, 2.24) is 5.32 Å². The van der Waals surface area contributed by atoms with Crippen LogP contribution in [-0.2, 0) is 9.53 Å². The average Bonchev–Trinajstić information content (AvgIpc) is 2.90. The Hall–Kier alpha value is -1.10. The highest BCUT2D eigenvalue weighted by atomic mass is 35.5. The van der Waals surface area contributed by atoms with Crippen molar-refractivity contribution in [3.8, 4) is 0 Å². The molecule has 1 heterocycles. The second kappa shape index (κ2) is 6.18. The molecule has 1 aromatic carbocycles. The van der Waals surface area contributed by atoms with E-state index in [1.165, 1.54) is 0 Å². The fraction of sp³-hybridized carbons (Fsp3) is 0.462. The number of nitrogens with one attached hydrogen (secondary N) is 1. The molecule has 2 N–H and O–H groups in total. The summed E-state index contributed by atoms with van der Waals surface area (Å²) in [6.07, 6.45) is 0.579. The highest BCUT2D eigenvalue weighted by Crippen LogP contribution is 2.16. The van der Waals surface area contributed by atoms with Crippen molar-refractivity contribution in [3.05, 3.63) is 34.9 Å². The van der Waals surface area contributed by atoms with E-state index in [1.807, 2.05) is 0 Å². The molecule has 5 heteroatoms. The van der Waals surface area contributed by atoms with Gasteiger partial charge < -0.3 is 15.2 Å². The zero-order valence-corrected chi connectivity index (χ0v) is 10.7. The van der Waals surface area contributed by atoms with E-state index >= 15 is 0 Å². The van der Waals surface area contributed by atoms with Crippen molar-refractivity contribution in [2.75, 3.05) is 13.2 Å². The number of ether oxygens (including phenoxy) is 1. The molecule has 1 aliphatic heterocycles. The lowest BCUT2D eigenvalue weighted by atomic mass is 10.1.